The largest absolute Gasteiger partial charge is 0.464 e. The molecule has 0 radical (unpaired) electrons. The summed E-state index contributed by atoms with van der Waals surface area (Å²) in [6.45, 7) is 6.25. The molecule has 0 saturated heterocycles. The van der Waals surface area contributed by atoms with Crippen molar-refractivity contribution >= 4 is 11.0 Å². The second-order valence-corrected chi connectivity index (χ2v) is 6.32. The highest BCUT2D eigenvalue weighted by Crippen LogP contribution is 2.33. The highest BCUT2D eigenvalue weighted by molar-refractivity contribution is 5.92. The lowest BCUT2D eigenvalue weighted by Crippen LogP contribution is -2.02. The maximum Gasteiger partial charge on any atom is 0.159 e. The molecule has 0 amide bonds. The molecule has 4 nitrogen and oxygen atoms in total. The van der Waals surface area contributed by atoms with Gasteiger partial charge < -0.3 is 4.42 Å². The number of nitriles is 1. The molecule has 0 aliphatic heterocycles. The van der Waals surface area contributed by atoms with Crippen LogP contribution in [0.4, 0.5) is 0 Å². The summed E-state index contributed by atoms with van der Waals surface area (Å²) >= 11 is 0. The summed E-state index contributed by atoms with van der Waals surface area (Å²) in [5.74, 6) is 0.719. The summed E-state index contributed by atoms with van der Waals surface area (Å²) in [7, 11) is 0. The van der Waals surface area contributed by atoms with Crippen molar-refractivity contribution in [3.8, 4) is 23.1 Å². The molecule has 2 aromatic carbocycles. The topological polar surface area (TPSA) is 54.8 Å². The van der Waals surface area contributed by atoms with Crippen molar-refractivity contribution in [3.63, 3.8) is 0 Å². The van der Waals surface area contributed by atoms with Crippen LogP contribution in [-0.2, 0) is 0 Å². The van der Waals surface area contributed by atoms with Gasteiger partial charge in [0, 0.05) is 11.6 Å². The van der Waals surface area contributed by atoms with Crippen LogP contribution < -0.4 is 0 Å². The lowest BCUT2D eigenvalue weighted by Gasteiger charge is -2.14. The Kier molecular flexibility index (Phi) is 3.43. The zero-order valence-corrected chi connectivity index (χ0v) is 14.4. The van der Waals surface area contributed by atoms with Gasteiger partial charge in [0.1, 0.15) is 23.7 Å². The molecule has 2 heterocycles. The highest BCUT2D eigenvalue weighted by Gasteiger charge is 2.18. The maximum absolute atomic E-state index is 9.37. The van der Waals surface area contributed by atoms with Gasteiger partial charge in [0.15, 0.2) is 5.69 Å². The molecule has 0 N–H and O–H groups in total. The predicted octanol–water partition coefficient (Wildman–Crippen LogP) is 5.08. The molecule has 0 spiro atoms. The minimum absolute atomic E-state index is 0.389. The SMILES string of the molecule is Cc1cc(C)c(-n2cc(C#N)nc2-c2coc3ccccc23)c(C)c1. The van der Waals surface area contributed by atoms with Gasteiger partial charge in [0.05, 0.1) is 11.3 Å². The molecule has 25 heavy (non-hydrogen) atoms. The van der Waals surface area contributed by atoms with E-state index in [1.165, 1.54) is 5.56 Å². The van der Waals surface area contributed by atoms with E-state index >= 15 is 0 Å². The van der Waals surface area contributed by atoms with Gasteiger partial charge in [-0.2, -0.15) is 5.26 Å². The minimum atomic E-state index is 0.389. The number of hydrogen-bond acceptors (Lipinski definition) is 3. The van der Waals surface area contributed by atoms with E-state index < -0.39 is 0 Å². The van der Waals surface area contributed by atoms with Crippen LogP contribution in [0.1, 0.15) is 22.4 Å². The van der Waals surface area contributed by atoms with E-state index in [0.717, 1.165) is 39.2 Å². The standard InChI is InChI=1S/C21H17N3O/c1-13-8-14(2)20(15(3)9-13)24-11-16(10-22)23-21(24)18-12-25-19-7-5-4-6-17(18)19/h4-9,11-12H,1-3H3. The normalized spacial score (nSPS) is 11.0. The average molecular weight is 327 g/mol. The van der Waals surface area contributed by atoms with Crippen molar-refractivity contribution in [3.05, 3.63) is 71.2 Å². The van der Waals surface area contributed by atoms with Crippen molar-refractivity contribution in [2.75, 3.05) is 0 Å². The van der Waals surface area contributed by atoms with Gasteiger partial charge in [-0.05, 0) is 38.0 Å². The molecule has 0 aliphatic carbocycles. The quantitative estimate of drug-likeness (QED) is 0.516. The maximum atomic E-state index is 9.37. The first-order valence-electron chi connectivity index (χ1n) is 8.13. The molecule has 0 bridgehead atoms. The van der Waals surface area contributed by atoms with E-state index in [0.29, 0.717) is 5.69 Å². The van der Waals surface area contributed by atoms with Crippen LogP contribution >= 0.6 is 0 Å². The van der Waals surface area contributed by atoms with Crippen LogP contribution in [0.2, 0.25) is 0 Å². The fourth-order valence-corrected chi connectivity index (χ4v) is 3.50. The average Bonchev–Trinajstić information content (AvgIpc) is 3.17. The number of para-hydroxylation sites is 1. The van der Waals surface area contributed by atoms with Gasteiger partial charge in [-0.15, -0.1) is 0 Å². The fraction of sp³-hybridized carbons (Fsp3) is 0.143. The number of rotatable bonds is 2. The van der Waals surface area contributed by atoms with Gasteiger partial charge >= 0.3 is 0 Å². The monoisotopic (exact) mass is 327 g/mol. The van der Waals surface area contributed by atoms with Crippen LogP contribution in [0.25, 0.3) is 28.0 Å². The van der Waals surface area contributed by atoms with E-state index in [-0.39, 0.29) is 0 Å². The predicted molar refractivity (Wildman–Crippen MR) is 97.7 cm³/mol. The number of furan rings is 1. The fourth-order valence-electron chi connectivity index (χ4n) is 3.50. The molecule has 2 aromatic heterocycles. The zero-order chi connectivity index (χ0) is 17.6. The van der Waals surface area contributed by atoms with Crippen molar-refractivity contribution < 1.29 is 4.42 Å². The molecule has 4 heteroatoms. The molecule has 4 rings (SSSR count). The molecule has 0 fully saturated rings. The van der Waals surface area contributed by atoms with Gasteiger partial charge in [-0.25, -0.2) is 4.98 Å². The molecule has 0 unspecified atom stereocenters. The summed E-state index contributed by atoms with van der Waals surface area (Å²) in [6.07, 6.45) is 3.51. The van der Waals surface area contributed by atoms with Gasteiger partial charge in [-0.3, -0.25) is 4.57 Å². The summed E-state index contributed by atoms with van der Waals surface area (Å²) in [4.78, 5) is 4.54. The number of imidazole rings is 1. The molecule has 0 saturated carbocycles. The molecular weight excluding hydrogens is 310 g/mol. The Hall–Kier alpha value is -3.32. The first-order valence-corrected chi connectivity index (χ1v) is 8.13. The second kappa shape index (κ2) is 5.64. The molecule has 0 aliphatic rings. The summed E-state index contributed by atoms with van der Waals surface area (Å²) in [5, 5.41) is 10.4. The van der Waals surface area contributed by atoms with E-state index in [2.05, 4.69) is 44.0 Å². The zero-order valence-electron chi connectivity index (χ0n) is 14.4. The lowest BCUT2D eigenvalue weighted by molar-refractivity contribution is 0.616. The van der Waals surface area contributed by atoms with Gasteiger partial charge in [0.2, 0.25) is 0 Å². The third-order valence-electron chi connectivity index (χ3n) is 4.42. The van der Waals surface area contributed by atoms with E-state index in [4.69, 9.17) is 4.42 Å². The second-order valence-electron chi connectivity index (χ2n) is 6.32. The number of hydrogen-bond donors (Lipinski definition) is 0. The summed E-state index contributed by atoms with van der Waals surface area (Å²) < 4.78 is 7.68. The Morgan fingerprint density at radius 1 is 1.08 bits per heavy atom. The van der Waals surface area contributed by atoms with Crippen molar-refractivity contribution in [2.45, 2.75) is 20.8 Å². The van der Waals surface area contributed by atoms with Gasteiger partial charge in [-0.1, -0.05) is 35.9 Å². The number of nitrogens with zero attached hydrogens (tertiary/aromatic N) is 3. The van der Waals surface area contributed by atoms with E-state index in [1.807, 2.05) is 28.8 Å². The Balaban J connectivity index is 2.03. The third kappa shape index (κ3) is 2.41. The molecule has 4 aromatic rings. The van der Waals surface area contributed by atoms with Crippen molar-refractivity contribution in [1.29, 1.82) is 5.26 Å². The lowest BCUT2D eigenvalue weighted by atomic mass is 10.0. The third-order valence-corrected chi connectivity index (χ3v) is 4.42. The van der Waals surface area contributed by atoms with Gasteiger partial charge in [0.25, 0.3) is 0 Å². The number of fused-ring (bicyclic) bond motifs is 1. The first-order chi connectivity index (χ1) is 12.1. The summed E-state index contributed by atoms with van der Waals surface area (Å²) in [6, 6.07) is 14.3. The van der Waals surface area contributed by atoms with E-state index in [1.54, 1.807) is 12.5 Å². The Bertz CT molecular complexity index is 1120. The van der Waals surface area contributed by atoms with Crippen LogP contribution in [0.3, 0.4) is 0 Å². The highest BCUT2D eigenvalue weighted by atomic mass is 16.3. The van der Waals surface area contributed by atoms with Crippen molar-refractivity contribution in [1.82, 2.24) is 9.55 Å². The van der Waals surface area contributed by atoms with Crippen LogP contribution in [0.5, 0.6) is 0 Å². The number of aryl methyl sites for hydroxylation is 3. The van der Waals surface area contributed by atoms with E-state index in [9.17, 15) is 5.26 Å². The number of aromatic nitrogens is 2. The Morgan fingerprint density at radius 2 is 1.80 bits per heavy atom. The number of benzene rings is 2. The van der Waals surface area contributed by atoms with Crippen molar-refractivity contribution in [2.24, 2.45) is 0 Å². The smallest absolute Gasteiger partial charge is 0.159 e. The first kappa shape index (κ1) is 15.2. The Morgan fingerprint density at radius 3 is 2.52 bits per heavy atom. The van der Waals surface area contributed by atoms with Crippen LogP contribution in [-0.4, -0.2) is 9.55 Å². The van der Waals surface area contributed by atoms with Crippen LogP contribution in [0, 0.1) is 32.1 Å². The Labute approximate surface area is 146 Å². The summed E-state index contributed by atoms with van der Waals surface area (Å²) in [5.41, 5.74) is 6.65. The van der Waals surface area contributed by atoms with Crippen LogP contribution in [0.15, 0.2) is 53.3 Å². The minimum Gasteiger partial charge on any atom is -0.464 e. The molecule has 0 atom stereocenters. The molecular formula is C21H17N3O. The molecule has 122 valence electrons.